The molecule has 0 bridgehead atoms. The fourth-order valence-electron chi connectivity index (χ4n) is 2.85. The molecule has 0 saturated carbocycles. The second-order valence-corrected chi connectivity index (χ2v) is 3.90. The first kappa shape index (κ1) is 6.47. The van der Waals surface area contributed by atoms with Crippen molar-refractivity contribution in [2.75, 3.05) is 0 Å². The Morgan fingerprint density at radius 3 is 2.67 bits per heavy atom. The quantitative estimate of drug-likeness (QED) is 0.512. The van der Waals surface area contributed by atoms with Gasteiger partial charge in [0.15, 0.2) is 0 Å². The van der Waals surface area contributed by atoms with E-state index in [1.165, 1.54) is 5.57 Å². The Morgan fingerprint density at radius 2 is 1.83 bits per heavy atom. The summed E-state index contributed by atoms with van der Waals surface area (Å²) in [6.45, 7) is 3.86. The highest BCUT2D eigenvalue weighted by molar-refractivity contribution is 5.41. The Labute approximate surface area is 73.0 Å². The summed E-state index contributed by atoms with van der Waals surface area (Å²) >= 11 is 0. The first-order valence-electron chi connectivity index (χ1n) is 4.61. The van der Waals surface area contributed by atoms with Crippen LogP contribution in [0.5, 0.6) is 0 Å². The molecule has 0 amide bonds. The molecule has 0 unspecified atom stereocenters. The molecular formula is C12H12. The van der Waals surface area contributed by atoms with Gasteiger partial charge in [0.2, 0.25) is 0 Å². The molecule has 12 heavy (non-hydrogen) atoms. The minimum atomic E-state index is 0.674. The van der Waals surface area contributed by atoms with E-state index < -0.39 is 0 Å². The van der Waals surface area contributed by atoms with Crippen LogP contribution in [0.3, 0.4) is 0 Å². The molecular weight excluding hydrogens is 144 g/mol. The maximum Gasteiger partial charge on any atom is 0.00605 e. The molecule has 60 valence electrons. The smallest absolute Gasteiger partial charge is 0.00605 e. The van der Waals surface area contributed by atoms with Gasteiger partial charge in [0, 0.05) is 5.92 Å². The summed E-state index contributed by atoms with van der Waals surface area (Å²) in [6, 6.07) is 0. The van der Waals surface area contributed by atoms with Gasteiger partial charge < -0.3 is 0 Å². The molecule has 0 spiro atoms. The van der Waals surface area contributed by atoms with Crippen molar-refractivity contribution in [2.24, 2.45) is 23.7 Å². The van der Waals surface area contributed by atoms with Gasteiger partial charge in [0.05, 0.1) is 0 Å². The van der Waals surface area contributed by atoms with Crippen molar-refractivity contribution in [3.63, 3.8) is 0 Å². The first-order chi connectivity index (χ1) is 5.90. The molecule has 0 aliphatic heterocycles. The number of hydrogen-bond donors (Lipinski definition) is 0. The van der Waals surface area contributed by atoms with E-state index in [2.05, 4.69) is 37.0 Å². The Bertz CT molecular complexity index is 317. The predicted molar refractivity (Wildman–Crippen MR) is 50.5 cm³/mol. The molecule has 0 heterocycles. The van der Waals surface area contributed by atoms with Gasteiger partial charge in [0.25, 0.3) is 0 Å². The van der Waals surface area contributed by atoms with E-state index in [4.69, 9.17) is 0 Å². The van der Waals surface area contributed by atoms with Crippen LogP contribution in [0.2, 0.25) is 0 Å². The monoisotopic (exact) mass is 156 g/mol. The fraction of sp³-hybridized carbons (Fsp3) is 0.333. The zero-order chi connectivity index (χ0) is 8.13. The van der Waals surface area contributed by atoms with Crippen molar-refractivity contribution in [3.8, 4) is 0 Å². The summed E-state index contributed by atoms with van der Waals surface area (Å²) in [5.41, 5.74) is 1.44. The summed E-state index contributed by atoms with van der Waals surface area (Å²) < 4.78 is 0. The topological polar surface area (TPSA) is 0 Å². The SMILES string of the molecule is C=CC1=C[C@H]2C=C[C@@H]3C=C[C@H]1[C@@H]32. The molecule has 0 saturated heterocycles. The molecule has 0 fully saturated rings. The van der Waals surface area contributed by atoms with Gasteiger partial charge in [0.1, 0.15) is 0 Å². The Balaban J connectivity index is 2.10. The maximum atomic E-state index is 3.86. The van der Waals surface area contributed by atoms with Crippen LogP contribution in [-0.2, 0) is 0 Å². The van der Waals surface area contributed by atoms with E-state index in [1.807, 2.05) is 6.08 Å². The van der Waals surface area contributed by atoms with Crippen LogP contribution in [0.15, 0.2) is 48.6 Å². The molecule has 0 nitrogen and oxygen atoms in total. The van der Waals surface area contributed by atoms with Crippen molar-refractivity contribution in [1.82, 2.24) is 0 Å². The third kappa shape index (κ3) is 0.592. The summed E-state index contributed by atoms with van der Waals surface area (Å²) in [7, 11) is 0. The number of rotatable bonds is 1. The lowest BCUT2D eigenvalue weighted by atomic mass is 9.87. The average Bonchev–Trinajstić information content (AvgIpc) is 2.72. The van der Waals surface area contributed by atoms with Gasteiger partial charge >= 0.3 is 0 Å². The summed E-state index contributed by atoms with van der Waals surface area (Å²) in [5.74, 6) is 2.90. The summed E-state index contributed by atoms with van der Waals surface area (Å²) in [6.07, 6.45) is 13.8. The lowest BCUT2D eigenvalue weighted by Crippen LogP contribution is -2.12. The highest BCUT2D eigenvalue weighted by atomic mass is 14.5. The van der Waals surface area contributed by atoms with Crippen LogP contribution in [0.4, 0.5) is 0 Å². The third-order valence-electron chi connectivity index (χ3n) is 3.41. The highest BCUT2D eigenvalue weighted by Gasteiger charge is 2.42. The maximum absolute atomic E-state index is 3.86. The third-order valence-corrected chi connectivity index (χ3v) is 3.41. The molecule has 0 heteroatoms. The lowest BCUT2D eigenvalue weighted by Gasteiger charge is -2.15. The van der Waals surface area contributed by atoms with Gasteiger partial charge in [-0.25, -0.2) is 0 Å². The average molecular weight is 156 g/mol. The minimum Gasteiger partial charge on any atom is -0.0988 e. The second-order valence-electron chi connectivity index (χ2n) is 3.90. The van der Waals surface area contributed by atoms with Gasteiger partial charge in [-0.15, -0.1) is 0 Å². The number of allylic oxidation sites excluding steroid dienone is 7. The molecule has 3 aliphatic rings. The molecule has 0 radical (unpaired) electrons. The van der Waals surface area contributed by atoms with E-state index in [9.17, 15) is 0 Å². The van der Waals surface area contributed by atoms with E-state index in [1.54, 1.807) is 0 Å². The molecule has 4 atom stereocenters. The Morgan fingerprint density at radius 1 is 1.08 bits per heavy atom. The Hall–Kier alpha value is -1.04. The second kappa shape index (κ2) is 2.01. The van der Waals surface area contributed by atoms with E-state index in [-0.39, 0.29) is 0 Å². The van der Waals surface area contributed by atoms with Crippen LogP contribution in [-0.4, -0.2) is 0 Å². The normalized spacial score (nSPS) is 46.5. The largest absolute Gasteiger partial charge is 0.0988 e. The molecule has 0 N–H and O–H groups in total. The van der Waals surface area contributed by atoms with Crippen molar-refractivity contribution >= 4 is 0 Å². The van der Waals surface area contributed by atoms with Crippen LogP contribution in [0.1, 0.15) is 0 Å². The minimum absolute atomic E-state index is 0.674. The van der Waals surface area contributed by atoms with Crippen molar-refractivity contribution < 1.29 is 0 Å². The first-order valence-corrected chi connectivity index (χ1v) is 4.61. The molecule has 0 aromatic carbocycles. The van der Waals surface area contributed by atoms with Gasteiger partial charge in [-0.05, 0) is 23.3 Å². The summed E-state index contributed by atoms with van der Waals surface area (Å²) in [5, 5.41) is 0. The number of hydrogen-bond acceptors (Lipinski definition) is 0. The van der Waals surface area contributed by atoms with Crippen LogP contribution >= 0.6 is 0 Å². The summed E-state index contributed by atoms with van der Waals surface area (Å²) in [4.78, 5) is 0. The standard InChI is InChI=1S/C12H12/c1-2-8-7-10-4-3-9-5-6-11(8)12(9)10/h2-7,9-12H,1H2/t9-,10-,11-,12+/m1/s1. The zero-order valence-corrected chi connectivity index (χ0v) is 6.98. The van der Waals surface area contributed by atoms with Crippen LogP contribution in [0.25, 0.3) is 0 Å². The van der Waals surface area contributed by atoms with Crippen molar-refractivity contribution in [3.05, 3.63) is 48.6 Å². The van der Waals surface area contributed by atoms with Gasteiger partial charge in [-0.1, -0.05) is 43.0 Å². The molecule has 3 aliphatic carbocycles. The molecule has 0 aromatic rings. The van der Waals surface area contributed by atoms with Crippen LogP contribution in [0, 0.1) is 23.7 Å². The van der Waals surface area contributed by atoms with Gasteiger partial charge in [-0.2, -0.15) is 0 Å². The van der Waals surface area contributed by atoms with E-state index in [0.29, 0.717) is 17.8 Å². The fourth-order valence-corrected chi connectivity index (χ4v) is 2.85. The highest BCUT2D eigenvalue weighted by Crippen LogP contribution is 2.51. The van der Waals surface area contributed by atoms with E-state index >= 15 is 0 Å². The van der Waals surface area contributed by atoms with E-state index in [0.717, 1.165) is 5.92 Å². The van der Waals surface area contributed by atoms with Gasteiger partial charge in [-0.3, -0.25) is 0 Å². The Kier molecular flexibility index (Phi) is 1.08. The molecule has 0 aromatic heterocycles. The van der Waals surface area contributed by atoms with Crippen molar-refractivity contribution in [1.29, 1.82) is 0 Å². The lowest BCUT2D eigenvalue weighted by molar-refractivity contribution is 0.414. The molecule has 3 rings (SSSR count). The predicted octanol–water partition coefficient (Wildman–Crippen LogP) is 2.72. The van der Waals surface area contributed by atoms with Crippen molar-refractivity contribution in [2.45, 2.75) is 0 Å². The zero-order valence-electron chi connectivity index (χ0n) is 6.98. The van der Waals surface area contributed by atoms with Crippen LogP contribution < -0.4 is 0 Å².